The highest BCUT2D eigenvalue weighted by Gasteiger charge is 2.41. The Morgan fingerprint density at radius 3 is 1.29 bits per heavy atom. The van der Waals surface area contributed by atoms with Gasteiger partial charge < -0.3 is 0 Å². The van der Waals surface area contributed by atoms with Crippen molar-refractivity contribution in [3.63, 3.8) is 0 Å². The van der Waals surface area contributed by atoms with Crippen molar-refractivity contribution >= 4 is 61.6 Å². The first-order valence-corrected chi connectivity index (χ1v) is 23.2. The summed E-state index contributed by atoms with van der Waals surface area (Å²) in [7, 11) is 0. The second kappa shape index (κ2) is 17.0. The fraction of sp³-hybridized carbons (Fsp3) is 0.333. The van der Waals surface area contributed by atoms with Crippen molar-refractivity contribution < 1.29 is 19.2 Å². The lowest BCUT2D eigenvalue weighted by atomic mass is 9.85. The summed E-state index contributed by atoms with van der Waals surface area (Å²) < 4.78 is 2.33. The van der Waals surface area contributed by atoms with Crippen molar-refractivity contribution in [1.82, 2.24) is 14.0 Å². The molecular weight excluding hydrogens is 833 g/mol. The monoisotopic (exact) mass is 884 g/mol. The number of rotatable bonds is 15. The van der Waals surface area contributed by atoms with E-state index in [2.05, 4.69) is 20.8 Å². The lowest BCUT2D eigenvalue weighted by molar-refractivity contribution is 0.0578. The molecule has 2 aliphatic rings. The normalized spacial score (nSPS) is 14.7. The smallest absolute Gasteiger partial charge is 0.266 e. The summed E-state index contributed by atoms with van der Waals surface area (Å²) in [5, 5.41) is 1.07. The predicted molar refractivity (Wildman–Crippen MR) is 258 cm³/mol. The second-order valence-corrected chi connectivity index (χ2v) is 18.2. The van der Waals surface area contributed by atoms with Crippen LogP contribution in [0.2, 0.25) is 0 Å². The van der Waals surface area contributed by atoms with E-state index in [0.717, 1.165) is 72.0 Å². The number of anilines is 1. The number of aromatic nitrogens is 2. The van der Waals surface area contributed by atoms with E-state index in [0.29, 0.717) is 57.5 Å². The van der Waals surface area contributed by atoms with Crippen LogP contribution in [-0.2, 0) is 6.54 Å². The topological polar surface area (TPSA) is 153 Å². The molecule has 12 nitrogen and oxygen atoms in total. The summed E-state index contributed by atoms with van der Waals surface area (Å²) in [6.45, 7) is 12.5. The number of nitrogens with zero attached hydrogens (tertiary/aromatic N) is 4. The molecule has 5 aromatic carbocycles. The summed E-state index contributed by atoms with van der Waals surface area (Å²) in [5.41, 5.74) is 2.47. The van der Waals surface area contributed by atoms with Gasteiger partial charge in [0.2, 0.25) is 0 Å². The highest BCUT2D eigenvalue weighted by atomic mass is 16.2. The highest BCUT2D eigenvalue weighted by molar-refractivity contribution is 6.39. The number of carbonyl (C=O) groups excluding carboxylic acids is 4. The second-order valence-electron chi connectivity index (χ2n) is 18.2. The average molecular weight is 885 g/mol. The average Bonchev–Trinajstić information content (AvgIpc) is 3.70. The van der Waals surface area contributed by atoms with E-state index in [1.165, 1.54) is 21.6 Å². The molecular formula is C54H52N4O8. The van der Waals surface area contributed by atoms with E-state index in [1.54, 1.807) is 62.4 Å². The molecule has 9 rings (SSSR count). The highest BCUT2D eigenvalue weighted by Crippen LogP contribution is 2.41. The zero-order chi connectivity index (χ0) is 46.9. The molecule has 2 aromatic heterocycles. The molecule has 2 aliphatic heterocycles. The van der Waals surface area contributed by atoms with E-state index in [1.807, 2.05) is 19.1 Å². The number of aryl methyl sites for hydroxylation is 2. The molecule has 4 amide bonds. The number of unbranched alkanes of at least 4 members (excludes halogenated alkanes) is 2. The van der Waals surface area contributed by atoms with Gasteiger partial charge in [-0.05, 0) is 121 Å². The van der Waals surface area contributed by atoms with E-state index in [9.17, 15) is 38.4 Å². The van der Waals surface area contributed by atoms with Crippen LogP contribution in [-0.4, -0.2) is 44.2 Å². The summed E-state index contributed by atoms with van der Waals surface area (Å²) in [5.74, 6) is -1.64. The molecule has 0 bridgehead atoms. The molecule has 2 unspecified atom stereocenters. The number of amides is 4. The maximum Gasteiger partial charge on any atom is 0.266 e. The van der Waals surface area contributed by atoms with Crippen LogP contribution < -0.4 is 27.1 Å². The quantitative estimate of drug-likeness (QED) is 0.0925. The Bertz CT molecular complexity index is 3290. The standard InChI is InChI=1S/C54H52N4O8/c1-7-11-13-31(9-3)27-55-47(59)35-17-19-37-46-38(20-18-36(45(35)46)48(55)60)52(64)57(51(37)63)43-21-15-33(23-29(43)5)34-16-22-44(30(6)24-34)58-53(65)41-25-39-40(26-42(41)54(58)66)50(62)56(49(39)61)28-32(10-4)14-12-8-2/h15-26,31-32H,7-14,27-28H2,1-6H3. The van der Waals surface area contributed by atoms with Crippen LogP contribution in [0.4, 0.5) is 5.69 Å². The molecule has 66 heavy (non-hydrogen) atoms. The maximum absolute atomic E-state index is 14.3. The number of carbonyl (C=O) groups is 4. The molecule has 0 fully saturated rings. The maximum atomic E-state index is 14.3. The van der Waals surface area contributed by atoms with Crippen molar-refractivity contribution in [2.75, 3.05) is 11.4 Å². The molecule has 0 saturated heterocycles. The Labute approximate surface area is 380 Å². The first kappa shape index (κ1) is 44.1. The Balaban J connectivity index is 1.00. The zero-order valence-corrected chi connectivity index (χ0v) is 38.2. The molecule has 0 saturated carbocycles. The number of fused-ring (bicyclic) bond motifs is 2. The lowest BCUT2D eigenvalue weighted by Crippen LogP contribution is -2.45. The SMILES string of the molecule is CCCCC(CC)CN1C(=O)c2ccc3c4c(ccc(c24)C1=O)C(=O)N(c1ccc(-c2ccc(-n4c(=O)c5cc6c(=O)n(CC(CC)CCCC)c(=O)c6cc5c4=O)c(C)c2)cc1C)C3=O. The van der Waals surface area contributed by atoms with Gasteiger partial charge in [-0.1, -0.05) is 78.4 Å². The molecule has 2 atom stereocenters. The summed E-state index contributed by atoms with van der Waals surface area (Å²) >= 11 is 0. The third-order valence-electron chi connectivity index (χ3n) is 14.1. The van der Waals surface area contributed by atoms with Gasteiger partial charge in [0.25, 0.3) is 45.9 Å². The molecule has 4 heterocycles. The van der Waals surface area contributed by atoms with Crippen molar-refractivity contribution in [3.05, 3.63) is 148 Å². The van der Waals surface area contributed by atoms with Crippen molar-refractivity contribution in [2.45, 2.75) is 99.5 Å². The van der Waals surface area contributed by atoms with E-state index >= 15 is 0 Å². The van der Waals surface area contributed by atoms with Crippen LogP contribution in [0.3, 0.4) is 0 Å². The summed E-state index contributed by atoms with van der Waals surface area (Å²) in [6, 6.07) is 19.7. The molecule has 0 radical (unpaired) electrons. The van der Waals surface area contributed by atoms with Gasteiger partial charge in [-0.15, -0.1) is 0 Å². The Kier molecular flexibility index (Phi) is 11.4. The van der Waals surface area contributed by atoms with Gasteiger partial charge in [0.15, 0.2) is 0 Å². The number of benzene rings is 5. The van der Waals surface area contributed by atoms with Gasteiger partial charge in [0.1, 0.15) is 0 Å². The van der Waals surface area contributed by atoms with Gasteiger partial charge in [0.05, 0.1) is 32.9 Å². The third kappa shape index (κ3) is 6.87. The van der Waals surface area contributed by atoms with Gasteiger partial charge in [-0.2, -0.15) is 0 Å². The predicted octanol–water partition coefficient (Wildman–Crippen LogP) is 9.17. The van der Waals surface area contributed by atoms with E-state index in [-0.39, 0.29) is 44.5 Å². The number of imide groups is 2. The lowest BCUT2D eigenvalue weighted by Gasteiger charge is -2.33. The van der Waals surface area contributed by atoms with Crippen LogP contribution in [0.5, 0.6) is 0 Å². The molecule has 0 aliphatic carbocycles. The minimum absolute atomic E-state index is 0.0751. The van der Waals surface area contributed by atoms with Gasteiger partial charge in [-0.3, -0.25) is 47.8 Å². The van der Waals surface area contributed by atoms with Crippen LogP contribution in [0, 0.1) is 25.7 Å². The first-order valence-electron chi connectivity index (χ1n) is 23.2. The Hall–Kier alpha value is -7.08. The van der Waals surface area contributed by atoms with E-state index in [4.69, 9.17) is 0 Å². The Morgan fingerprint density at radius 1 is 0.455 bits per heavy atom. The molecule has 0 spiro atoms. The summed E-state index contributed by atoms with van der Waals surface area (Å²) in [4.78, 5) is 114. The van der Waals surface area contributed by atoms with Crippen molar-refractivity contribution in [1.29, 1.82) is 0 Å². The van der Waals surface area contributed by atoms with Gasteiger partial charge in [0, 0.05) is 46.1 Å². The van der Waals surface area contributed by atoms with Crippen molar-refractivity contribution in [2.24, 2.45) is 11.8 Å². The molecule has 336 valence electrons. The van der Waals surface area contributed by atoms with Crippen LogP contribution in [0.25, 0.3) is 49.1 Å². The fourth-order valence-electron chi connectivity index (χ4n) is 10.2. The number of hydrogen-bond donors (Lipinski definition) is 0. The molecule has 12 heteroatoms. The van der Waals surface area contributed by atoms with Crippen LogP contribution >= 0.6 is 0 Å². The minimum Gasteiger partial charge on any atom is -0.274 e. The largest absolute Gasteiger partial charge is 0.274 e. The zero-order valence-electron chi connectivity index (χ0n) is 38.2. The molecule has 0 N–H and O–H groups in total. The third-order valence-corrected chi connectivity index (χ3v) is 14.1. The van der Waals surface area contributed by atoms with E-state index < -0.39 is 45.9 Å². The number of hydrogen-bond acceptors (Lipinski definition) is 8. The summed E-state index contributed by atoms with van der Waals surface area (Å²) in [6.07, 6.45) is 7.49. The first-order chi connectivity index (χ1) is 31.7. The van der Waals surface area contributed by atoms with Gasteiger partial charge >= 0.3 is 0 Å². The van der Waals surface area contributed by atoms with Gasteiger partial charge in [-0.25, -0.2) is 9.47 Å². The van der Waals surface area contributed by atoms with Crippen molar-refractivity contribution in [3.8, 4) is 16.8 Å². The van der Waals surface area contributed by atoms with Crippen LogP contribution in [0.15, 0.2) is 92.0 Å². The molecule has 7 aromatic rings. The fourth-order valence-corrected chi connectivity index (χ4v) is 10.2. The van der Waals surface area contributed by atoms with Crippen LogP contribution in [0.1, 0.15) is 132 Å². The minimum atomic E-state index is -0.581. The Morgan fingerprint density at radius 2 is 0.864 bits per heavy atom.